The maximum absolute atomic E-state index is 12.4. The second-order valence-electron chi connectivity index (χ2n) is 6.97. The van der Waals surface area contributed by atoms with Crippen molar-refractivity contribution in [2.24, 2.45) is 5.92 Å². The van der Waals surface area contributed by atoms with Gasteiger partial charge in [0.2, 0.25) is 5.91 Å². The van der Waals surface area contributed by atoms with Crippen LogP contribution in [0.1, 0.15) is 13.8 Å². The number of amides is 2. The van der Waals surface area contributed by atoms with E-state index in [-0.39, 0.29) is 18.5 Å². The van der Waals surface area contributed by atoms with E-state index in [9.17, 15) is 9.59 Å². The zero-order valence-electron chi connectivity index (χ0n) is 16.8. The van der Waals surface area contributed by atoms with Crippen molar-refractivity contribution < 1.29 is 23.8 Å². The first-order valence-corrected chi connectivity index (χ1v) is 9.57. The summed E-state index contributed by atoms with van der Waals surface area (Å²) in [6.07, 6.45) is -0.296. The number of carbonyl (C=O) groups is 2. The van der Waals surface area contributed by atoms with E-state index in [0.717, 1.165) is 0 Å². The van der Waals surface area contributed by atoms with Crippen LogP contribution in [0.25, 0.3) is 0 Å². The first-order valence-electron chi connectivity index (χ1n) is 9.19. The molecule has 0 aliphatic carbocycles. The molecule has 2 amide bonds. The van der Waals surface area contributed by atoms with E-state index >= 15 is 0 Å². The molecule has 0 bridgehead atoms. The lowest BCUT2D eigenvalue weighted by Gasteiger charge is -2.33. The van der Waals surface area contributed by atoms with Gasteiger partial charge in [-0.1, -0.05) is 25.4 Å². The molecule has 0 saturated carbocycles. The van der Waals surface area contributed by atoms with E-state index in [1.807, 2.05) is 18.7 Å². The zero-order valence-corrected chi connectivity index (χ0v) is 17.5. The maximum Gasteiger partial charge on any atom is 0.409 e. The average molecular weight is 414 g/mol. The molecule has 28 heavy (non-hydrogen) atoms. The monoisotopic (exact) mass is 413 g/mol. The molecule has 0 radical (unpaired) electrons. The lowest BCUT2D eigenvalue weighted by Crippen LogP contribution is -2.50. The van der Waals surface area contributed by atoms with Crippen LogP contribution in [0.3, 0.4) is 0 Å². The molecule has 0 unspecified atom stereocenters. The molecule has 156 valence electrons. The number of hydrogen-bond donors (Lipinski definition) is 1. The normalized spacial score (nSPS) is 14.7. The zero-order chi connectivity index (χ0) is 20.7. The largest absolute Gasteiger partial charge is 0.495 e. The molecule has 1 N–H and O–H groups in total. The summed E-state index contributed by atoms with van der Waals surface area (Å²) in [5.74, 6) is 1.03. The van der Waals surface area contributed by atoms with Crippen molar-refractivity contribution in [2.75, 3.05) is 58.9 Å². The fourth-order valence-electron chi connectivity index (χ4n) is 2.77. The van der Waals surface area contributed by atoms with E-state index in [1.165, 1.54) is 14.2 Å². The van der Waals surface area contributed by atoms with Crippen LogP contribution in [0.2, 0.25) is 5.02 Å². The fourth-order valence-corrected chi connectivity index (χ4v) is 3.00. The highest BCUT2D eigenvalue weighted by Crippen LogP contribution is 2.35. The van der Waals surface area contributed by atoms with Gasteiger partial charge in [0.05, 0.1) is 38.1 Å². The Morgan fingerprint density at radius 2 is 1.75 bits per heavy atom. The summed E-state index contributed by atoms with van der Waals surface area (Å²) in [5.41, 5.74) is 0.490. The van der Waals surface area contributed by atoms with Gasteiger partial charge in [-0.05, 0) is 5.92 Å². The third-order valence-corrected chi connectivity index (χ3v) is 4.58. The van der Waals surface area contributed by atoms with Crippen molar-refractivity contribution in [3.63, 3.8) is 0 Å². The second kappa shape index (κ2) is 10.4. The van der Waals surface area contributed by atoms with Crippen LogP contribution in [0.15, 0.2) is 12.1 Å². The van der Waals surface area contributed by atoms with Gasteiger partial charge < -0.3 is 24.4 Å². The molecule has 1 fully saturated rings. The Hall–Kier alpha value is -2.19. The van der Waals surface area contributed by atoms with Gasteiger partial charge in [-0.15, -0.1) is 0 Å². The van der Waals surface area contributed by atoms with Gasteiger partial charge in [-0.2, -0.15) is 0 Å². The third-order valence-electron chi connectivity index (χ3n) is 4.29. The first-order chi connectivity index (χ1) is 13.3. The van der Waals surface area contributed by atoms with E-state index in [1.54, 1.807) is 17.0 Å². The summed E-state index contributed by atoms with van der Waals surface area (Å²) in [7, 11) is 3.01. The first kappa shape index (κ1) is 22.1. The molecule has 1 saturated heterocycles. The van der Waals surface area contributed by atoms with Crippen LogP contribution in [0.5, 0.6) is 11.5 Å². The quantitative estimate of drug-likeness (QED) is 0.740. The number of hydrogen-bond acceptors (Lipinski definition) is 6. The Morgan fingerprint density at radius 3 is 2.32 bits per heavy atom. The predicted molar refractivity (Wildman–Crippen MR) is 107 cm³/mol. The highest BCUT2D eigenvalue weighted by atomic mass is 35.5. The van der Waals surface area contributed by atoms with Gasteiger partial charge in [-0.3, -0.25) is 9.69 Å². The molecule has 1 heterocycles. The molecule has 8 nitrogen and oxygen atoms in total. The highest BCUT2D eigenvalue weighted by Gasteiger charge is 2.24. The van der Waals surface area contributed by atoms with Crippen molar-refractivity contribution in [2.45, 2.75) is 13.8 Å². The van der Waals surface area contributed by atoms with Crippen molar-refractivity contribution in [3.8, 4) is 11.5 Å². The number of carbonyl (C=O) groups excluding carboxylic acids is 2. The Bertz CT molecular complexity index is 690. The number of methoxy groups -OCH3 is 2. The smallest absolute Gasteiger partial charge is 0.409 e. The van der Waals surface area contributed by atoms with Crippen LogP contribution in [0, 0.1) is 5.92 Å². The van der Waals surface area contributed by atoms with Gasteiger partial charge in [-0.25, -0.2) is 4.79 Å². The molecule has 0 aromatic heterocycles. The Kier molecular flexibility index (Phi) is 8.19. The second-order valence-corrected chi connectivity index (χ2v) is 7.38. The number of ether oxygens (including phenoxy) is 3. The summed E-state index contributed by atoms with van der Waals surface area (Å²) in [6, 6.07) is 3.22. The molecule has 1 aliphatic rings. The van der Waals surface area contributed by atoms with Crippen molar-refractivity contribution in [1.82, 2.24) is 9.80 Å². The third kappa shape index (κ3) is 6.17. The molecule has 2 rings (SSSR count). The van der Waals surface area contributed by atoms with Crippen LogP contribution in [0.4, 0.5) is 10.5 Å². The van der Waals surface area contributed by atoms with Gasteiger partial charge in [0.15, 0.2) is 0 Å². The minimum atomic E-state index is -0.296. The highest BCUT2D eigenvalue weighted by molar-refractivity contribution is 6.32. The SMILES string of the molecule is COc1cc(NC(=O)CN2CCN(C(=O)OCC(C)C)CC2)c(OC)cc1Cl. The molecule has 9 heteroatoms. The van der Waals surface area contributed by atoms with E-state index < -0.39 is 0 Å². The Balaban J connectivity index is 1.86. The fraction of sp³-hybridized carbons (Fsp3) is 0.579. The summed E-state index contributed by atoms with van der Waals surface area (Å²) < 4.78 is 15.7. The van der Waals surface area contributed by atoms with Crippen LogP contribution in [-0.2, 0) is 9.53 Å². The number of nitrogens with one attached hydrogen (secondary N) is 1. The van der Waals surface area contributed by atoms with Crippen molar-refractivity contribution in [3.05, 3.63) is 17.2 Å². The molecular weight excluding hydrogens is 386 g/mol. The molecular formula is C19H28ClN3O5. The number of benzene rings is 1. The Morgan fingerprint density at radius 1 is 1.11 bits per heavy atom. The van der Waals surface area contributed by atoms with Gasteiger partial charge in [0.25, 0.3) is 0 Å². The average Bonchev–Trinajstić information content (AvgIpc) is 2.67. The number of halogens is 1. The minimum Gasteiger partial charge on any atom is -0.495 e. The van der Waals surface area contributed by atoms with Crippen LogP contribution >= 0.6 is 11.6 Å². The summed E-state index contributed by atoms with van der Waals surface area (Å²) in [6.45, 7) is 6.88. The van der Waals surface area contributed by atoms with Crippen molar-refractivity contribution >= 4 is 29.3 Å². The number of nitrogens with zero attached hydrogens (tertiary/aromatic N) is 2. The lowest BCUT2D eigenvalue weighted by molar-refractivity contribution is -0.117. The van der Waals surface area contributed by atoms with Crippen LogP contribution in [-0.4, -0.2) is 75.4 Å². The number of anilines is 1. The van der Waals surface area contributed by atoms with Gasteiger partial charge in [0.1, 0.15) is 11.5 Å². The molecule has 0 spiro atoms. The summed E-state index contributed by atoms with van der Waals surface area (Å²) in [5, 5.41) is 3.23. The van der Waals surface area contributed by atoms with Crippen LogP contribution < -0.4 is 14.8 Å². The molecule has 1 aliphatic heterocycles. The Labute approximate surface area is 170 Å². The summed E-state index contributed by atoms with van der Waals surface area (Å²) >= 11 is 6.08. The van der Waals surface area contributed by atoms with E-state index in [2.05, 4.69) is 5.32 Å². The molecule has 0 atom stereocenters. The minimum absolute atomic E-state index is 0.182. The number of rotatable bonds is 7. The topological polar surface area (TPSA) is 80.3 Å². The predicted octanol–water partition coefficient (Wildman–Crippen LogP) is 2.71. The number of piperazine rings is 1. The van der Waals surface area contributed by atoms with Gasteiger partial charge in [0, 0.05) is 38.3 Å². The van der Waals surface area contributed by atoms with E-state index in [4.69, 9.17) is 25.8 Å². The standard InChI is InChI=1S/C19H28ClN3O5/c1-13(2)12-28-19(25)23-7-5-22(6-8-23)11-18(24)21-15-10-16(26-3)14(20)9-17(15)27-4/h9-10,13H,5-8,11-12H2,1-4H3,(H,21,24). The molecule has 1 aromatic rings. The lowest BCUT2D eigenvalue weighted by atomic mass is 10.2. The van der Waals surface area contributed by atoms with Gasteiger partial charge >= 0.3 is 6.09 Å². The maximum atomic E-state index is 12.4. The van der Waals surface area contributed by atoms with Crippen molar-refractivity contribution in [1.29, 1.82) is 0 Å². The molecule has 1 aromatic carbocycles. The van der Waals surface area contributed by atoms with E-state index in [0.29, 0.717) is 60.9 Å². The summed E-state index contributed by atoms with van der Waals surface area (Å²) in [4.78, 5) is 28.1.